The molecule has 0 aliphatic carbocycles. The molecule has 1 aromatic carbocycles. The summed E-state index contributed by atoms with van der Waals surface area (Å²) in [5, 5.41) is 2.42. The maximum Gasteiger partial charge on any atom is 0.191 e. The third-order valence-electron chi connectivity index (χ3n) is 5.96. The zero-order valence-corrected chi connectivity index (χ0v) is 21.0. The van der Waals surface area contributed by atoms with Gasteiger partial charge in [0.25, 0.3) is 0 Å². The van der Waals surface area contributed by atoms with Gasteiger partial charge in [-0.05, 0) is 79.5 Å². The summed E-state index contributed by atoms with van der Waals surface area (Å²) in [6, 6.07) is 13.2. The van der Waals surface area contributed by atoms with Gasteiger partial charge in [-0.2, -0.15) is 0 Å². The summed E-state index contributed by atoms with van der Waals surface area (Å²) in [5.41, 5.74) is 2.57. The Bertz CT molecular complexity index is 729. The molecule has 160 valence electrons. The number of thiophene rings is 1. The summed E-state index contributed by atoms with van der Waals surface area (Å²) in [7, 11) is -1.59. The van der Waals surface area contributed by atoms with Crippen molar-refractivity contribution >= 4 is 37.5 Å². The Morgan fingerprint density at radius 2 is 1.72 bits per heavy atom. The van der Waals surface area contributed by atoms with Gasteiger partial charge in [-0.15, -0.1) is 11.3 Å². The number of nitrogens with zero attached hydrogens (tertiary/aromatic N) is 1. The summed E-state index contributed by atoms with van der Waals surface area (Å²) >= 11 is 1.77. The number of unbranched alkanes of at least 4 members (excludes halogenated alkanes) is 2. The number of benzene rings is 1. The molecule has 0 unspecified atom stereocenters. The lowest BCUT2D eigenvalue weighted by Crippen LogP contribution is -2.40. The molecule has 0 bridgehead atoms. The highest BCUT2D eigenvalue weighted by Crippen LogP contribution is 2.36. The predicted molar refractivity (Wildman–Crippen MR) is 135 cm³/mol. The van der Waals surface area contributed by atoms with Gasteiger partial charge in [-0.1, -0.05) is 45.0 Å². The van der Waals surface area contributed by atoms with Crippen LogP contribution in [0.1, 0.15) is 57.4 Å². The van der Waals surface area contributed by atoms with Crippen LogP contribution in [0.4, 0.5) is 5.69 Å². The SMILES string of the molecule is CCN(CCCCCO[Si](C)(C)C(C)(C)C)c1ccc(C=Cc2cccs2)cc1. The zero-order valence-electron chi connectivity index (χ0n) is 19.2. The molecule has 0 saturated heterocycles. The van der Waals surface area contributed by atoms with Gasteiger partial charge in [0.15, 0.2) is 8.32 Å². The molecule has 0 amide bonds. The van der Waals surface area contributed by atoms with E-state index >= 15 is 0 Å². The molecule has 1 aromatic heterocycles. The average molecular weight is 430 g/mol. The Kier molecular flexibility index (Phi) is 9.19. The second-order valence-corrected chi connectivity index (χ2v) is 15.0. The fourth-order valence-electron chi connectivity index (χ4n) is 2.96. The largest absolute Gasteiger partial charge is 0.417 e. The Balaban J connectivity index is 1.74. The van der Waals surface area contributed by atoms with E-state index in [4.69, 9.17) is 4.43 Å². The quantitative estimate of drug-likeness (QED) is 0.265. The average Bonchev–Trinajstić information content (AvgIpc) is 3.19. The zero-order chi connectivity index (χ0) is 21.3. The van der Waals surface area contributed by atoms with Crippen LogP contribution in [-0.4, -0.2) is 28.0 Å². The molecule has 0 N–H and O–H groups in total. The van der Waals surface area contributed by atoms with Crippen LogP contribution in [0.2, 0.25) is 18.1 Å². The summed E-state index contributed by atoms with van der Waals surface area (Å²) in [6.45, 7) is 16.9. The maximum absolute atomic E-state index is 6.29. The Hall–Kier alpha value is -1.36. The van der Waals surface area contributed by atoms with E-state index in [0.717, 1.165) is 26.1 Å². The van der Waals surface area contributed by atoms with E-state index < -0.39 is 8.32 Å². The van der Waals surface area contributed by atoms with E-state index in [2.05, 4.69) is 99.6 Å². The van der Waals surface area contributed by atoms with Crippen molar-refractivity contribution in [2.45, 2.75) is 65.1 Å². The van der Waals surface area contributed by atoms with Crippen molar-refractivity contribution in [2.24, 2.45) is 0 Å². The first-order chi connectivity index (χ1) is 13.7. The molecule has 0 aliphatic heterocycles. The molecular weight excluding hydrogens is 390 g/mol. The van der Waals surface area contributed by atoms with Gasteiger partial charge in [-0.25, -0.2) is 0 Å². The van der Waals surface area contributed by atoms with Gasteiger partial charge >= 0.3 is 0 Å². The minimum absolute atomic E-state index is 0.303. The van der Waals surface area contributed by atoms with Crippen molar-refractivity contribution in [2.75, 3.05) is 24.6 Å². The van der Waals surface area contributed by atoms with E-state index in [0.29, 0.717) is 5.04 Å². The van der Waals surface area contributed by atoms with Crippen LogP contribution in [0.5, 0.6) is 0 Å². The van der Waals surface area contributed by atoms with Crippen molar-refractivity contribution in [3.05, 3.63) is 52.2 Å². The van der Waals surface area contributed by atoms with Crippen LogP contribution in [0.3, 0.4) is 0 Å². The third kappa shape index (κ3) is 7.76. The lowest BCUT2D eigenvalue weighted by Gasteiger charge is -2.36. The number of hydrogen-bond donors (Lipinski definition) is 0. The maximum atomic E-state index is 6.29. The molecular formula is C25H39NOSSi. The number of anilines is 1. The first kappa shape index (κ1) is 23.9. The predicted octanol–water partition coefficient (Wildman–Crippen LogP) is 7.94. The van der Waals surface area contributed by atoms with Crippen molar-refractivity contribution in [3.63, 3.8) is 0 Å². The smallest absolute Gasteiger partial charge is 0.191 e. The summed E-state index contributed by atoms with van der Waals surface area (Å²) in [5.74, 6) is 0. The molecule has 0 radical (unpaired) electrons. The standard InChI is InChI=1S/C25H39NOSSi/c1-7-26(19-9-8-10-20-27-29(5,6)25(2,3)4)23-16-13-22(14-17-23)15-18-24-12-11-21-28-24/h11-18,21H,7-10,19-20H2,1-6H3. The molecule has 0 spiro atoms. The highest BCUT2D eigenvalue weighted by atomic mass is 32.1. The van der Waals surface area contributed by atoms with Gasteiger partial charge in [0.05, 0.1) is 0 Å². The van der Waals surface area contributed by atoms with Crippen LogP contribution < -0.4 is 4.90 Å². The van der Waals surface area contributed by atoms with E-state index in [9.17, 15) is 0 Å². The second kappa shape index (κ2) is 11.1. The van der Waals surface area contributed by atoms with Crippen molar-refractivity contribution in [3.8, 4) is 0 Å². The van der Waals surface area contributed by atoms with Crippen molar-refractivity contribution in [1.82, 2.24) is 0 Å². The van der Waals surface area contributed by atoms with Gasteiger partial charge in [0.2, 0.25) is 0 Å². The molecule has 0 aliphatic rings. The highest BCUT2D eigenvalue weighted by molar-refractivity contribution is 7.10. The van der Waals surface area contributed by atoms with E-state index in [1.165, 1.54) is 29.0 Å². The van der Waals surface area contributed by atoms with Gasteiger partial charge in [0.1, 0.15) is 0 Å². The van der Waals surface area contributed by atoms with Gasteiger partial charge in [-0.3, -0.25) is 0 Å². The molecule has 2 rings (SSSR count). The second-order valence-electron chi connectivity index (χ2n) is 9.19. The summed E-state index contributed by atoms with van der Waals surface area (Å²) < 4.78 is 6.29. The molecule has 2 nitrogen and oxygen atoms in total. The third-order valence-corrected chi connectivity index (χ3v) is 11.3. The highest BCUT2D eigenvalue weighted by Gasteiger charge is 2.36. The van der Waals surface area contributed by atoms with Crippen LogP contribution in [0, 0.1) is 0 Å². The van der Waals surface area contributed by atoms with Crippen LogP contribution in [-0.2, 0) is 4.43 Å². The normalized spacial score (nSPS) is 12.6. The van der Waals surface area contributed by atoms with Crippen LogP contribution in [0.25, 0.3) is 12.2 Å². The minimum Gasteiger partial charge on any atom is -0.417 e. The fourth-order valence-corrected chi connectivity index (χ4v) is 4.66. The summed E-state index contributed by atoms with van der Waals surface area (Å²) in [4.78, 5) is 3.77. The topological polar surface area (TPSA) is 12.5 Å². The first-order valence-corrected chi connectivity index (χ1v) is 14.7. The summed E-state index contributed by atoms with van der Waals surface area (Å²) in [6.07, 6.45) is 7.98. The fraction of sp³-hybridized carbons (Fsp3) is 0.520. The van der Waals surface area contributed by atoms with E-state index in [1.54, 1.807) is 11.3 Å². The minimum atomic E-state index is -1.59. The van der Waals surface area contributed by atoms with Gasteiger partial charge in [0, 0.05) is 30.3 Å². The Morgan fingerprint density at radius 3 is 2.31 bits per heavy atom. The number of rotatable bonds is 11. The Morgan fingerprint density at radius 1 is 1.00 bits per heavy atom. The van der Waals surface area contributed by atoms with Crippen molar-refractivity contribution in [1.29, 1.82) is 0 Å². The van der Waals surface area contributed by atoms with Gasteiger partial charge < -0.3 is 9.33 Å². The Labute approximate surface area is 183 Å². The first-order valence-electron chi connectivity index (χ1n) is 10.9. The van der Waals surface area contributed by atoms with E-state index in [1.807, 2.05) is 0 Å². The molecule has 0 atom stereocenters. The lowest BCUT2D eigenvalue weighted by molar-refractivity contribution is 0.278. The molecule has 1 heterocycles. The van der Waals surface area contributed by atoms with E-state index in [-0.39, 0.29) is 0 Å². The van der Waals surface area contributed by atoms with Crippen molar-refractivity contribution < 1.29 is 4.43 Å². The van der Waals surface area contributed by atoms with Crippen LogP contribution >= 0.6 is 11.3 Å². The molecule has 2 aromatic rings. The lowest BCUT2D eigenvalue weighted by atomic mass is 10.1. The molecule has 29 heavy (non-hydrogen) atoms. The molecule has 0 fully saturated rings. The molecule has 0 saturated carbocycles. The monoisotopic (exact) mass is 429 g/mol. The number of hydrogen-bond acceptors (Lipinski definition) is 3. The molecule has 4 heteroatoms. The van der Waals surface area contributed by atoms with Crippen LogP contribution in [0.15, 0.2) is 41.8 Å².